The van der Waals surface area contributed by atoms with E-state index in [1.165, 1.54) is 11.8 Å². The Balaban J connectivity index is 2.07. The first-order chi connectivity index (χ1) is 12.2. The molecule has 2 aromatic carbocycles. The summed E-state index contributed by atoms with van der Waals surface area (Å²) in [6.45, 7) is 3.65. The maximum Gasteiger partial charge on any atom is 0.266 e. The molecule has 25 heavy (non-hydrogen) atoms. The van der Waals surface area contributed by atoms with E-state index in [1.54, 1.807) is 10.6 Å². The molecule has 0 aliphatic heterocycles. The summed E-state index contributed by atoms with van der Waals surface area (Å²) in [5.74, 6) is 0.424. The summed E-state index contributed by atoms with van der Waals surface area (Å²) in [7, 11) is 0. The summed E-state index contributed by atoms with van der Waals surface area (Å²) in [6, 6.07) is 19.3. The Hall–Kier alpha value is -2.79. The van der Waals surface area contributed by atoms with Crippen LogP contribution < -0.4 is 5.56 Å². The highest BCUT2D eigenvalue weighted by atomic mass is 32.2. The first-order valence-electron chi connectivity index (χ1n) is 7.88. The Labute approximate surface area is 150 Å². The van der Waals surface area contributed by atoms with E-state index in [9.17, 15) is 9.90 Å². The van der Waals surface area contributed by atoms with Crippen LogP contribution in [-0.2, 0) is 12.2 Å². The van der Waals surface area contributed by atoms with Gasteiger partial charge in [-0.05, 0) is 17.7 Å². The van der Waals surface area contributed by atoms with Gasteiger partial charge in [0.15, 0.2) is 5.16 Å². The van der Waals surface area contributed by atoms with Gasteiger partial charge in [-0.15, -0.1) is 6.58 Å². The summed E-state index contributed by atoms with van der Waals surface area (Å²) in [5, 5.41) is 10.6. The van der Waals surface area contributed by atoms with E-state index >= 15 is 0 Å². The highest BCUT2D eigenvalue weighted by Gasteiger charge is 2.17. The van der Waals surface area contributed by atoms with Crippen LogP contribution in [0.4, 0.5) is 0 Å². The van der Waals surface area contributed by atoms with Crippen LogP contribution in [0.5, 0.6) is 5.88 Å². The van der Waals surface area contributed by atoms with E-state index in [1.807, 2.05) is 60.7 Å². The molecule has 5 heteroatoms. The number of rotatable bonds is 6. The SMILES string of the molecule is C=CCc1c(O)nc(SCc2ccccc2)n(-c2ccccc2)c1=O. The molecule has 0 fully saturated rings. The molecule has 0 aliphatic carbocycles. The van der Waals surface area contributed by atoms with Gasteiger partial charge in [0.25, 0.3) is 5.56 Å². The van der Waals surface area contributed by atoms with Gasteiger partial charge in [-0.1, -0.05) is 66.4 Å². The maximum atomic E-state index is 12.9. The molecule has 0 unspecified atom stereocenters. The fraction of sp³-hybridized carbons (Fsp3) is 0.100. The number of aromatic hydroxyl groups is 1. The van der Waals surface area contributed by atoms with Gasteiger partial charge in [0.1, 0.15) is 0 Å². The zero-order chi connectivity index (χ0) is 17.6. The monoisotopic (exact) mass is 350 g/mol. The zero-order valence-corrected chi connectivity index (χ0v) is 14.4. The fourth-order valence-corrected chi connectivity index (χ4v) is 3.43. The average molecular weight is 350 g/mol. The number of allylic oxidation sites excluding steroid dienone is 1. The second kappa shape index (κ2) is 7.85. The standard InChI is InChI=1S/C20H18N2O2S/c1-2-9-17-18(23)21-20(25-14-15-10-5-3-6-11-15)22(19(17)24)16-12-7-4-8-13-16/h2-8,10-13,23H,1,9,14H2. The summed E-state index contributed by atoms with van der Waals surface area (Å²) < 4.78 is 1.55. The van der Waals surface area contributed by atoms with Crippen molar-refractivity contribution in [3.8, 4) is 11.6 Å². The van der Waals surface area contributed by atoms with Gasteiger partial charge in [-0.25, -0.2) is 0 Å². The molecule has 3 rings (SSSR count). The third-order valence-electron chi connectivity index (χ3n) is 3.70. The third-order valence-corrected chi connectivity index (χ3v) is 4.71. The van der Waals surface area contributed by atoms with Crippen molar-refractivity contribution in [2.45, 2.75) is 17.3 Å². The smallest absolute Gasteiger partial charge is 0.266 e. The summed E-state index contributed by atoms with van der Waals surface area (Å²) in [5.41, 5.74) is 1.83. The molecule has 1 heterocycles. The highest BCUT2D eigenvalue weighted by Crippen LogP contribution is 2.25. The van der Waals surface area contributed by atoms with E-state index in [-0.39, 0.29) is 23.4 Å². The largest absolute Gasteiger partial charge is 0.493 e. The van der Waals surface area contributed by atoms with Gasteiger partial charge in [-0.2, -0.15) is 4.98 Å². The zero-order valence-electron chi connectivity index (χ0n) is 13.6. The molecular formula is C20H18N2O2S. The van der Waals surface area contributed by atoms with E-state index in [0.717, 1.165) is 11.3 Å². The molecule has 0 radical (unpaired) electrons. The Kier molecular flexibility index (Phi) is 5.36. The molecule has 1 aromatic heterocycles. The molecule has 0 bridgehead atoms. The Bertz CT molecular complexity index is 922. The summed E-state index contributed by atoms with van der Waals surface area (Å²) >= 11 is 1.42. The quantitative estimate of drug-likeness (QED) is 0.415. The van der Waals surface area contributed by atoms with Crippen molar-refractivity contribution in [2.75, 3.05) is 0 Å². The first-order valence-corrected chi connectivity index (χ1v) is 8.87. The molecule has 0 saturated heterocycles. The predicted octanol–water partition coefficient (Wildman–Crippen LogP) is 3.96. The molecule has 0 aliphatic rings. The topological polar surface area (TPSA) is 55.1 Å². The van der Waals surface area contributed by atoms with Crippen molar-refractivity contribution < 1.29 is 5.11 Å². The number of benzene rings is 2. The second-order valence-electron chi connectivity index (χ2n) is 5.44. The Morgan fingerprint density at radius 2 is 1.72 bits per heavy atom. The first kappa shape index (κ1) is 17.0. The van der Waals surface area contributed by atoms with Crippen molar-refractivity contribution in [1.82, 2.24) is 9.55 Å². The maximum absolute atomic E-state index is 12.9. The van der Waals surface area contributed by atoms with Crippen LogP contribution in [-0.4, -0.2) is 14.7 Å². The minimum Gasteiger partial charge on any atom is -0.493 e. The van der Waals surface area contributed by atoms with Crippen LogP contribution >= 0.6 is 11.8 Å². The Morgan fingerprint density at radius 1 is 1.08 bits per heavy atom. The van der Waals surface area contributed by atoms with E-state index < -0.39 is 0 Å². The van der Waals surface area contributed by atoms with Crippen molar-refractivity contribution in [3.63, 3.8) is 0 Å². The van der Waals surface area contributed by atoms with Crippen molar-refractivity contribution >= 4 is 11.8 Å². The second-order valence-corrected chi connectivity index (χ2v) is 6.38. The van der Waals surface area contributed by atoms with Crippen LogP contribution in [0.25, 0.3) is 5.69 Å². The number of para-hydroxylation sites is 1. The van der Waals surface area contributed by atoms with Gasteiger partial charge in [0, 0.05) is 12.2 Å². The lowest BCUT2D eigenvalue weighted by Crippen LogP contribution is -2.25. The van der Waals surface area contributed by atoms with Crippen LogP contribution in [0.1, 0.15) is 11.1 Å². The van der Waals surface area contributed by atoms with Crippen LogP contribution in [0, 0.1) is 0 Å². The molecule has 0 spiro atoms. The third kappa shape index (κ3) is 3.83. The van der Waals surface area contributed by atoms with E-state index in [4.69, 9.17) is 0 Å². The van der Waals surface area contributed by atoms with Gasteiger partial charge in [-0.3, -0.25) is 9.36 Å². The van der Waals surface area contributed by atoms with Crippen LogP contribution in [0.3, 0.4) is 0 Å². The molecule has 4 nitrogen and oxygen atoms in total. The van der Waals surface area contributed by atoms with Gasteiger partial charge >= 0.3 is 0 Å². The van der Waals surface area contributed by atoms with Crippen molar-refractivity contribution in [1.29, 1.82) is 0 Å². The molecule has 3 aromatic rings. The van der Waals surface area contributed by atoms with Gasteiger partial charge in [0.05, 0.1) is 11.3 Å². The molecule has 126 valence electrons. The average Bonchev–Trinajstić information content (AvgIpc) is 2.65. The Morgan fingerprint density at radius 3 is 2.36 bits per heavy atom. The lowest BCUT2D eigenvalue weighted by atomic mass is 10.2. The summed E-state index contributed by atoms with van der Waals surface area (Å²) in [4.78, 5) is 17.2. The van der Waals surface area contributed by atoms with Crippen LogP contribution in [0.15, 0.2) is 83.3 Å². The number of hydrogen-bond acceptors (Lipinski definition) is 4. The molecule has 0 atom stereocenters. The molecular weight excluding hydrogens is 332 g/mol. The lowest BCUT2D eigenvalue weighted by Gasteiger charge is -2.14. The number of aromatic nitrogens is 2. The number of nitrogens with zero attached hydrogens (tertiary/aromatic N) is 2. The summed E-state index contributed by atoms with van der Waals surface area (Å²) in [6.07, 6.45) is 1.86. The molecule has 0 amide bonds. The minimum atomic E-state index is -0.269. The minimum absolute atomic E-state index is 0.229. The molecule has 0 saturated carbocycles. The van der Waals surface area contributed by atoms with Crippen molar-refractivity contribution in [2.24, 2.45) is 0 Å². The number of hydrogen-bond donors (Lipinski definition) is 1. The lowest BCUT2D eigenvalue weighted by molar-refractivity contribution is 0.433. The molecule has 1 N–H and O–H groups in total. The predicted molar refractivity (Wildman–Crippen MR) is 101 cm³/mol. The van der Waals surface area contributed by atoms with E-state index in [0.29, 0.717) is 10.9 Å². The van der Waals surface area contributed by atoms with Crippen LogP contribution in [0.2, 0.25) is 0 Å². The van der Waals surface area contributed by atoms with E-state index in [2.05, 4.69) is 11.6 Å². The fourth-order valence-electron chi connectivity index (χ4n) is 2.47. The van der Waals surface area contributed by atoms with Gasteiger partial charge in [0.2, 0.25) is 5.88 Å². The normalized spacial score (nSPS) is 10.6. The van der Waals surface area contributed by atoms with Crippen molar-refractivity contribution in [3.05, 3.63) is 94.8 Å². The highest BCUT2D eigenvalue weighted by molar-refractivity contribution is 7.98. The van der Waals surface area contributed by atoms with Gasteiger partial charge < -0.3 is 5.11 Å². The number of thioether (sulfide) groups is 1.